The summed E-state index contributed by atoms with van der Waals surface area (Å²) in [7, 11) is 0. The summed E-state index contributed by atoms with van der Waals surface area (Å²) in [5.41, 5.74) is 1.68. The summed E-state index contributed by atoms with van der Waals surface area (Å²) in [5, 5.41) is 5.47. The first-order chi connectivity index (χ1) is 10.6. The summed E-state index contributed by atoms with van der Waals surface area (Å²) in [6.07, 6.45) is 0. The number of para-hydroxylation sites is 1. The average molecular weight is 298 g/mol. The zero-order chi connectivity index (χ0) is 15.8. The highest BCUT2D eigenvalue weighted by atomic mass is 16.5. The maximum atomic E-state index is 11.7. The minimum absolute atomic E-state index is 0.0199. The molecule has 2 rings (SSSR count). The lowest BCUT2D eigenvalue weighted by Crippen LogP contribution is -2.28. The molecule has 0 radical (unpaired) electrons. The van der Waals surface area contributed by atoms with Gasteiger partial charge in [-0.3, -0.25) is 9.59 Å². The zero-order valence-corrected chi connectivity index (χ0v) is 12.3. The molecule has 2 aromatic rings. The number of hydrogen-bond acceptors (Lipinski definition) is 3. The SMILES string of the molecule is CC(=O)Nc1ccc(CNC(=O)COc2ccccc2)cc1. The van der Waals surface area contributed by atoms with Crippen molar-refractivity contribution >= 4 is 17.5 Å². The van der Waals surface area contributed by atoms with Crippen LogP contribution in [0.1, 0.15) is 12.5 Å². The van der Waals surface area contributed by atoms with E-state index in [9.17, 15) is 9.59 Å². The highest BCUT2D eigenvalue weighted by Crippen LogP contribution is 2.10. The Hall–Kier alpha value is -2.82. The van der Waals surface area contributed by atoms with E-state index in [4.69, 9.17) is 4.74 Å². The number of amides is 2. The molecule has 0 saturated carbocycles. The van der Waals surface area contributed by atoms with E-state index in [1.165, 1.54) is 6.92 Å². The van der Waals surface area contributed by atoms with E-state index >= 15 is 0 Å². The fraction of sp³-hybridized carbons (Fsp3) is 0.176. The van der Waals surface area contributed by atoms with Crippen molar-refractivity contribution in [2.75, 3.05) is 11.9 Å². The Kier molecular flexibility index (Phi) is 5.54. The molecule has 2 N–H and O–H groups in total. The molecule has 0 aromatic heterocycles. The van der Waals surface area contributed by atoms with Crippen LogP contribution >= 0.6 is 0 Å². The Morgan fingerprint density at radius 2 is 1.68 bits per heavy atom. The van der Waals surface area contributed by atoms with Crippen LogP contribution in [0.2, 0.25) is 0 Å². The Balaban J connectivity index is 1.75. The molecule has 0 heterocycles. The molecule has 0 aliphatic rings. The lowest BCUT2D eigenvalue weighted by atomic mass is 10.2. The van der Waals surface area contributed by atoms with Crippen molar-refractivity contribution in [2.24, 2.45) is 0 Å². The van der Waals surface area contributed by atoms with E-state index in [-0.39, 0.29) is 18.4 Å². The molecule has 0 bridgehead atoms. The fourth-order valence-corrected chi connectivity index (χ4v) is 1.83. The molecule has 5 heteroatoms. The van der Waals surface area contributed by atoms with Gasteiger partial charge in [-0.2, -0.15) is 0 Å². The molecule has 114 valence electrons. The standard InChI is InChI=1S/C17H18N2O3/c1-13(20)19-15-9-7-14(8-10-15)11-18-17(21)12-22-16-5-3-2-4-6-16/h2-10H,11-12H2,1H3,(H,18,21)(H,19,20). The van der Waals surface area contributed by atoms with Crippen molar-refractivity contribution < 1.29 is 14.3 Å². The van der Waals surface area contributed by atoms with Crippen molar-refractivity contribution in [1.29, 1.82) is 0 Å². The number of nitrogens with one attached hydrogen (secondary N) is 2. The molecule has 5 nitrogen and oxygen atoms in total. The second-order valence-corrected chi connectivity index (χ2v) is 4.76. The van der Waals surface area contributed by atoms with Gasteiger partial charge >= 0.3 is 0 Å². The maximum absolute atomic E-state index is 11.7. The summed E-state index contributed by atoms with van der Waals surface area (Å²) in [4.78, 5) is 22.6. The van der Waals surface area contributed by atoms with Gasteiger partial charge in [0, 0.05) is 19.2 Å². The van der Waals surface area contributed by atoms with E-state index in [0.717, 1.165) is 11.3 Å². The van der Waals surface area contributed by atoms with Gasteiger partial charge in [0.25, 0.3) is 5.91 Å². The van der Waals surface area contributed by atoms with Crippen molar-refractivity contribution in [3.05, 3.63) is 60.2 Å². The molecule has 0 unspecified atom stereocenters. The minimum Gasteiger partial charge on any atom is -0.484 e. The van der Waals surface area contributed by atoms with Gasteiger partial charge in [-0.05, 0) is 29.8 Å². The first-order valence-electron chi connectivity index (χ1n) is 6.94. The van der Waals surface area contributed by atoms with Crippen LogP contribution in [0, 0.1) is 0 Å². The van der Waals surface area contributed by atoms with Crippen molar-refractivity contribution in [3.63, 3.8) is 0 Å². The van der Waals surface area contributed by atoms with Gasteiger partial charge in [-0.1, -0.05) is 30.3 Å². The van der Waals surface area contributed by atoms with Crippen LogP contribution in [-0.2, 0) is 16.1 Å². The number of ether oxygens (including phenoxy) is 1. The normalized spacial score (nSPS) is 9.86. The third-order valence-electron chi connectivity index (χ3n) is 2.88. The topological polar surface area (TPSA) is 67.4 Å². The van der Waals surface area contributed by atoms with Crippen LogP contribution in [-0.4, -0.2) is 18.4 Å². The van der Waals surface area contributed by atoms with E-state index in [0.29, 0.717) is 12.3 Å². The molecule has 0 saturated heterocycles. The van der Waals surface area contributed by atoms with E-state index in [1.807, 2.05) is 30.3 Å². The summed E-state index contributed by atoms with van der Waals surface area (Å²) in [6.45, 7) is 1.85. The predicted molar refractivity (Wildman–Crippen MR) is 84.5 cm³/mol. The van der Waals surface area contributed by atoms with Crippen LogP contribution < -0.4 is 15.4 Å². The molecule has 22 heavy (non-hydrogen) atoms. The van der Waals surface area contributed by atoms with Crippen molar-refractivity contribution in [3.8, 4) is 5.75 Å². The number of carbonyl (C=O) groups excluding carboxylic acids is 2. The zero-order valence-electron chi connectivity index (χ0n) is 12.3. The van der Waals surface area contributed by atoms with Crippen molar-refractivity contribution in [2.45, 2.75) is 13.5 Å². The predicted octanol–water partition coefficient (Wildman–Crippen LogP) is 2.34. The monoisotopic (exact) mass is 298 g/mol. The van der Waals surface area contributed by atoms with Gasteiger partial charge in [-0.25, -0.2) is 0 Å². The third kappa shape index (κ3) is 5.28. The van der Waals surface area contributed by atoms with Crippen LogP contribution in [0.3, 0.4) is 0 Å². The lowest BCUT2D eigenvalue weighted by molar-refractivity contribution is -0.123. The maximum Gasteiger partial charge on any atom is 0.258 e. The molecule has 0 atom stereocenters. The van der Waals surface area contributed by atoms with Crippen LogP contribution in [0.5, 0.6) is 5.75 Å². The van der Waals surface area contributed by atoms with E-state index < -0.39 is 0 Å². The number of hydrogen-bond donors (Lipinski definition) is 2. The number of carbonyl (C=O) groups is 2. The Morgan fingerprint density at radius 1 is 1.00 bits per heavy atom. The quantitative estimate of drug-likeness (QED) is 0.860. The molecule has 0 aliphatic heterocycles. The molecule has 0 spiro atoms. The van der Waals surface area contributed by atoms with E-state index in [1.54, 1.807) is 24.3 Å². The average Bonchev–Trinajstić information content (AvgIpc) is 2.53. The Bertz CT molecular complexity index is 624. The van der Waals surface area contributed by atoms with Gasteiger partial charge in [0.2, 0.25) is 5.91 Å². The van der Waals surface area contributed by atoms with Crippen LogP contribution in [0.15, 0.2) is 54.6 Å². The molecular formula is C17H18N2O3. The molecule has 0 aliphatic carbocycles. The van der Waals surface area contributed by atoms with Gasteiger partial charge in [-0.15, -0.1) is 0 Å². The number of benzene rings is 2. The Labute approximate surface area is 129 Å². The largest absolute Gasteiger partial charge is 0.484 e. The summed E-state index contributed by atoms with van der Waals surface area (Å²) in [6, 6.07) is 16.5. The summed E-state index contributed by atoms with van der Waals surface area (Å²) in [5.74, 6) is 0.367. The van der Waals surface area contributed by atoms with Gasteiger partial charge in [0.05, 0.1) is 0 Å². The van der Waals surface area contributed by atoms with Gasteiger partial charge in [0.1, 0.15) is 5.75 Å². The molecule has 0 fully saturated rings. The fourth-order valence-electron chi connectivity index (χ4n) is 1.83. The second kappa shape index (κ2) is 7.83. The first-order valence-corrected chi connectivity index (χ1v) is 6.94. The smallest absolute Gasteiger partial charge is 0.258 e. The van der Waals surface area contributed by atoms with Crippen LogP contribution in [0.25, 0.3) is 0 Å². The minimum atomic E-state index is -0.185. The first kappa shape index (κ1) is 15.6. The van der Waals surface area contributed by atoms with Crippen molar-refractivity contribution in [1.82, 2.24) is 5.32 Å². The second-order valence-electron chi connectivity index (χ2n) is 4.76. The molecule has 2 aromatic carbocycles. The summed E-state index contributed by atoms with van der Waals surface area (Å²) < 4.78 is 5.36. The highest BCUT2D eigenvalue weighted by Gasteiger charge is 2.03. The highest BCUT2D eigenvalue weighted by molar-refractivity contribution is 5.88. The number of anilines is 1. The van der Waals surface area contributed by atoms with Crippen LogP contribution in [0.4, 0.5) is 5.69 Å². The van der Waals surface area contributed by atoms with Gasteiger partial charge < -0.3 is 15.4 Å². The Morgan fingerprint density at radius 3 is 2.32 bits per heavy atom. The molecule has 2 amide bonds. The van der Waals surface area contributed by atoms with E-state index in [2.05, 4.69) is 10.6 Å². The lowest BCUT2D eigenvalue weighted by Gasteiger charge is -2.08. The van der Waals surface area contributed by atoms with Gasteiger partial charge in [0.15, 0.2) is 6.61 Å². The third-order valence-corrected chi connectivity index (χ3v) is 2.88. The number of rotatable bonds is 6. The molecular weight excluding hydrogens is 280 g/mol. The summed E-state index contributed by atoms with van der Waals surface area (Å²) >= 11 is 0.